The average Bonchev–Trinajstić information content (AvgIpc) is 2.50. The van der Waals surface area contributed by atoms with E-state index >= 15 is 0 Å². The van der Waals surface area contributed by atoms with E-state index in [1.807, 2.05) is 0 Å². The molecule has 0 bridgehead atoms. The molecule has 0 aromatic heterocycles. The summed E-state index contributed by atoms with van der Waals surface area (Å²) in [5.41, 5.74) is 0.487. The molecule has 0 aliphatic rings. The van der Waals surface area contributed by atoms with Crippen molar-refractivity contribution in [2.75, 3.05) is 26.6 Å². The molecule has 0 unspecified atom stereocenters. The number of aromatic hydroxyl groups is 1. The van der Waals surface area contributed by atoms with Gasteiger partial charge in [-0.25, -0.2) is 0 Å². The standard InChI is InChI=1S/C14H20O6S/c1-18-11-4-3-9(7-10(11)15)14(17)12(19-2)5-6-20-13(16)8-21/h3-4,7,12,14-15,17,21H,5-6,8H2,1-2H3/t12-,14-/m0/s1. The van der Waals surface area contributed by atoms with Gasteiger partial charge in [0.15, 0.2) is 11.5 Å². The number of hydrogen-bond donors (Lipinski definition) is 3. The number of esters is 1. The van der Waals surface area contributed by atoms with E-state index in [0.29, 0.717) is 17.7 Å². The molecule has 0 fully saturated rings. The summed E-state index contributed by atoms with van der Waals surface area (Å²) in [4.78, 5) is 11.0. The van der Waals surface area contributed by atoms with Crippen LogP contribution >= 0.6 is 12.6 Å². The Morgan fingerprint density at radius 3 is 2.62 bits per heavy atom. The van der Waals surface area contributed by atoms with Crippen LogP contribution in [0.15, 0.2) is 18.2 Å². The molecule has 0 amide bonds. The van der Waals surface area contributed by atoms with Crippen LogP contribution in [0.3, 0.4) is 0 Å². The molecule has 2 atom stereocenters. The van der Waals surface area contributed by atoms with E-state index in [0.717, 1.165) is 0 Å². The summed E-state index contributed by atoms with van der Waals surface area (Å²) in [6, 6.07) is 4.60. The van der Waals surface area contributed by atoms with Gasteiger partial charge in [0.1, 0.15) is 6.10 Å². The van der Waals surface area contributed by atoms with E-state index in [1.54, 1.807) is 12.1 Å². The van der Waals surface area contributed by atoms with Crippen molar-refractivity contribution in [3.05, 3.63) is 23.8 Å². The van der Waals surface area contributed by atoms with Gasteiger partial charge in [-0.1, -0.05) is 6.07 Å². The molecule has 0 spiro atoms. The van der Waals surface area contributed by atoms with Gasteiger partial charge in [0.2, 0.25) is 0 Å². The Morgan fingerprint density at radius 1 is 1.38 bits per heavy atom. The summed E-state index contributed by atoms with van der Waals surface area (Å²) < 4.78 is 15.0. The van der Waals surface area contributed by atoms with Gasteiger partial charge in [-0.15, -0.1) is 0 Å². The van der Waals surface area contributed by atoms with Crippen LogP contribution in [-0.4, -0.2) is 48.9 Å². The van der Waals surface area contributed by atoms with Crippen molar-refractivity contribution in [3.63, 3.8) is 0 Å². The van der Waals surface area contributed by atoms with E-state index in [1.165, 1.54) is 20.3 Å². The van der Waals surface area contributed by atoms with Crippen LogP contribution in [0.1, 0.15) is 18.1 Å². The maximum absolute atomic E-state index is 11.0. The molecular weight excluding hydrogens is 296 g/mol. The van der Waals surface area contributed by atoms with Crippen molar-refractivity contribution in [1.29, 1.82) is 0 Å². The monoisotopic (exact) mass is 316 g/mol. The minimum Gasteiger partial charge on any atom is -0.504 e. The SMILES string of the molecule is COc1ccc([C@H](O)[C@H](CCOC(=O)CS)OC)cc1O. The second kappa shape index (κ2) is 8.76. The molecule has 2 N–H and O–H groups in total. The Kier molecular flexibility index (Phi) is 7.35. The molecule has 118 valence electrons. The highest BCUT2D eigenvalue weighted by molar-refractivity contribution is 7.81. The first-order chi connectivity index (χ1) is 10.0. The topological polar surface area (TPSA) is 85.2 Å². The molecule has 0 aliphatic carbocycles. The summed E-state index contributed by atoms with van der Waals surface area (Å²) in [5, 5.41) is 20.0. The first-order valence-corrected chi connectivity index (χ1v) is 7.01. The maximum Gasteiger partial charge on any atom is 0.315 e. The van der Waals surface area contributed by atoms with E-state index in [4.69, 9.17) is 14.2 Å². The normalized spacial score (nSPS) is 13.5. The van der Waals surface area contributed by atoms with Crippen molar-refractivity contribution in [2.45, 2.75) is 18.6 Å². The number of methoxy groups -OCH3 is 2. The number of carbonyl (C=O) groups excluding carboxylic acids is 1. The van der Waals surface area contributed by atoms with Crippen LogP contribution in [0.4, 0.5) is 0 Å². The molecule has 21 heavy (non-hydrogen) atoms. The molecular formula is C14H20O6S. The van der Waals surface area contributed by atoms with Gasteiger partial charge < -0.3 is 24.4 Å². The fraction of sp³-hybridized carbons (Fsp3) is 0.500. The van der Waals surface area contributed by atoms with Gasteiger partial charge in [0.05, 0.1) is 25.6 Å². The number of benzene rings is 1. The molecule has 0 saturated carbocycles. The number of hydrogen-bond acceptors (Lipinski definition) is 7. The molecule has 7 heteroatoms. The van der Waals surface area contributed by atoms with Gasteiger partial charge in [0.25, 0.3) is 0 Å². The number of thiol groups is 1. The average molecular weight is 316 g/mol. The third kappa shape index (κ3) is 5.11. The van der Waals surface area contributed by atoms with E-state index in [9.17, 15) is 15.0 Å². The zero-order chi connectivity index (χ0) is 15.8. The summed E-state index contributed by atoms with van der Waals surface area (Å²) in [5.74, 6) is -0.162. The lowest BCUT2D eigenvalue weighted by Crippen LogP contribution is -2.23. The van der Waals surface area contributed by atoms with Gasteiger partial charge >= 0.3 is 5.97 Å². The second-order valence-electron chi connectivity index (χ2n) is 4.32. The lowest BCUT2D eigenvalue weighted by atomic mass is 10.0. The first kappa shape index (κ1) is 17.6. The molecule has 1 rings (SSSR count). The maximum atomic E-state index is 11.0. The van der Waals surface area contributed by atoms with Crippen LogP contribution < -0.4 is 4.74 Å². The smallest absolute Gasteiger partial charge is 0.315 e. The highest BCUT2D eigenvalue weighted by Crippen LogP contribution is 2.31. The summed E-state index contributed by atoms with van der Waals surface area (Å²) in [7, 11) is 2.90. The molecule has 1 aromatic carbocycles. The van der Waals surface area contributed by atoms with Gasteiger partial charge in [-0.2, -0.15) is 12.6 Å². The Hall–Kier alpha value is -1.44. The predicted molar refractivity (Wildman–Crippen MR) is 79.8 cm³/mol. The van der Waals surface area contributed by atoms with Crippen molar-refractivity contribution in [3.8, 4) is 11.5 Å². The van der Waals surface area contributed by atoms with Crippen molar-refractivity contribution >= 4 is 18.6 Å². The van der Waals surface area contributed by atoms with E-state index in [-0.39, 0.29) is 18.1 Å². The van der Waals surface area contributed by atoms with E-state index < -0.39 is 18.2 Å². The Morgan fingerprint density at radius 2 is 2.10 bits per heavy atom. The number of aliphatic hydroxyl groups excluding tert-OH is 1. The summed E-state index contributed by atoms with van der Waals surface area (Å²) >= 11 is 3.80. The molecule has 0 radical (unpaired) electrons. The zero-order valence-electron chi connectivity index (χ0n) is 12.0. The van der Waals surface area contributed by atoms with Crippen molar-refractivity contribution in [2.24, 2.45) is 0 Å². The third-order valence-electron chi connectivity index (χ3n) is 2.99. The summed E-state index contributed by atoms with van der Waals surface area (Å²) in [6.07, 6.45) is -1.20. The molecule has 0 aliphatic heterocycles. The van der Waals surface area contributed by atoms with Crippen molar-refractivity contribution < 1.29 is 29.2 Å². The predicted octanol–water partition coefficient (Wildman–Crippen LogP) is 1.31. The fourth-order valence-electron chi connectivity index (χ4n) is 1.84. The molecule has 0 heterocycles. The highest BCUT2D eigenvalue weighted by Gasteiger charge is 2.22. The Bertz CT molecular complexity index is 465. The van der Waals surface area contributed by atoms with Crippen LogP contribution in [0.25, 0.3) is 0 Å². The number of aliphatic hydroxyl groups is 1. The number of ether oxygens (including phenoxy) is 3. The van der Waals surface area contributed by atoms with Crippen LogP contribution in [-0.2, 0) is 14.3 Å². The van der Waals surface area contributed by atoms with Crippen LogP contribution in [0, 0.1) is 0 Å². The van der Waals surface area contributed by atoms with Gasteiger partial charge in [0, 0.05) is 13.5 Å². The molecule has 6 nitrogen and oxygen atoms in total. The van der Waals surface area contributed by atoms with Crippen LogP contribution in [0.5, 0.6) is 11.5 Å². The van der Waals surface area contributed by atoms with E-state index in [2.05, 4.69) is 12.6 Å². The zero-order valence-corrected chi connectivity index (χ0v) is 12.9. The largest absolute Gasteiger partial charge is 0.504 e. The second-order valence-corrected chi connectivity index (χ2v) is 4.63. The number of phenolic OH excluding ortho intramolecular Hbond substituents is 1. The van der Waals surface area contributed by atoms with Crippen molar-refractivity contribution in [1.82, 2.24) is 0 Å². The number of rotatable bonds is 8. The molecule has 1 aromatic rings. The highest BCUT2D eigenvalue weighted by atomic mass is 32.1. The summed E-state index contributed by atoms with van der Waals surface area (Å²) in [6.45, 7) is 0.122. The number of carbonyl (C=O) groups is 1. The first-order valence-electron chi connectivity index (χ1n) is 6.37. The third-order valence-corrected chi connectivity index (χ3v) is 3.25. The lowest BCUT2D eigenvalue weighted by Gasteiger charge is -2.22. The van der Waals surface area contributed by atoms with Gasteiger partial charge in [-0.05, 0) is 17.7 Å². The Labute approximate surface area is 129 Å². The minimum atomic E-state index is -0.957. The van der Waals surface area contributed by atoms with Gasteiger partial charge in [-0.3, -0.25) is 4.79 Å². The quantitative estimate of drug-likeness (QED) is 0.495. The number of phenols is 1. The minimum absolute atomic E-state index is 0.00650. The molecule has 0 saturated heterocycles. The fourth-order valence-corrected chi connectivity index (χ4v) is 1.94. The lowest BCUT2D eigenvalue weighted by molar-refractivity contribution is -0.141. The van der Waals surface area contributed by atoms with Crippen LogP contribution in [0.2, 0.25) is 0 Å². The Balaban J connectivity index is 2.67.